The molecule has 14 heavy (non-hydrogen) atoms. The number of rotatable bonds is 0. The van der Waals surface area contributed by atoms with Crippen molar-refractivity contribution >= 4 is 0 Å². The normalized spacial score (nSPS) is 40.3. The van der Waals surface area contributed by atoms with Gasteiger partial charge in [0.05, 0.1) is 6.10 Å². The van der Waals surface area contributed by atoms with E-state index in [2.05, 4.69) is 45.9 Å². The minimum absolute atomic E-state index is 0.0920. The van der Waals surface area contributed by atoms with E-state index in [1.807, 2.05) is 0 Å². The number of allylic oxidation sites excluding steroid dienone is 1. The van der Waals surface area contributed by atoms with Crippen LogP contribution in [-0.2, 0) is 4.74 Å². The zero-order valence-electron chi connectivity index (χ0n) is 9.63. The minimum Gasteiger partial charge on any atom is -0.360 e. The fraction of sp³-hybridized carbons (Fsp3) is 0.692. The maximum atomic E-state index is 6.01. The van der Waals surface area contributed by atoms with Gasteiger partial charge < -0.3 is 4.74 Å². The van der Waals surface area contributed by atoms with E-state index < -0.39 is 0 Å². The minimum atomic E-state index is -0.0920. The van der Waals surface area contributed by atoms with E-state index in [0.717, 1.165) is 6.42 Å². The van der Waals surface area contributed by atoms with Gasteiger partial charge in [0.15, 0.2) is 0 Å². The van der Waals surface area contributed by atoms with Gasteiger partial charge in [0.25, 0.3) is 0 Å². The van der Waals surface area contributed by atoms with Crippen LogP contribution < -0.4 is 0 Å². The van der Waals surface area contributed by atoms with Crippen LogP contribution in [0.2, 0.25) is 0 Å². The molecule has 0 aromatic rings. The Morgan fingerprint density at radius 2 is 2.14 bits per heavy atom. The third-order valence-electron chi connectivity index (χ3n) is 3.06. The Bertz CT molecular complexity index is 298. The van der Waals surface area contributed by atoms with Crippen LogP contribution in [0.3, 0.4) is 0 Å². The lowest BCUT2D eigenvalue weighted by Crippen LogP contribution is -2.36. The van der Waals surface area contributed by atoms with Crippen LogP contribution in [0, 0.1) is 5.41 Å². The lowest BCUT2D eigenvalue weighted by Gasteiger charge is -2.39. The molecule has 2 aliphatic rings. The first-order chi connectivity index (χ1) is 6.41. The lowest BCUT2D eigenvalue weighted by molar-refractivity contribution is -0.0165. The molecular weight excluding hydrogens is 172 g/mol. The highest BCUT2D eigenvalue weighted by Crippen LogP contribution is 2.44. The predicted octanol–water partition coefficient (Wildman–Crippen LogP) is 3.47. The highest BCUT2D eigenvalue weighted by Gasteiger charge is 2.40. The van der Waals surface area contributed by atoms with Crippen LogP contribution in [0.25, 0.3) is 0 Å². The third kappa shape index (κ3) is 1.78. The summed E-state index contributed by atoms with van der Waals surface area (Å²) in [7, 11) is 0. The summed E-state index contributed by atoms with van der Waals surface area (Å²) in [5.74, 6) is 0. The first kappa shape index (κ1) is 9.97. The monoisotopic (exact) mass is 192 g/mol. The van der Waals surface area contributed by atoms with Crippen molar-refractivity contribution in [3.63, 3.8) is 0 Å². The van der Waals surface area contributed by atoms with Crippen molar-refractivity contribution in [3.05, 3.63) is 23.8 Å². The van der Waals surface area contributed by atoms with E-state index >= 15 is 0 Å². The molecule has 0 aromatic carbocycles. The molecule has 1 nitrogen and oxygen atoms in total. The van der Waals surface area contributed by atoms with Gasteiger partial charge in [0.2, 0.25) is 0 Å². The van der Waals surface area contributed by atoms with Crippen LogP contribution >= 0.6 is 0 Å². The van der Waals surface area contributed by atoms with Gasteiger partial charge in [0, 0.05) is 0 Å². The van der Waals surface area contributed by atoms with Crippen molar-refractivity contribution < 1.29 is 4.74 Å². The second kappa shape index (κ2) is 2.96. The highest BCUT2D eigenvalue weighted by molar-refractivity contribution is 5.27. The summed E-state index contributed by atoms with van der Waals surface area (Å²) < 4.78 is 6.01. The van der Waals surface area contributed by atoms with Crippen LogP contribution in [-0.4, -0.2) is 11.7 Å². The maximum Gasteiger partial charge on any atom is 0.106 e. The molecule has 1 spiro atoms. The van der Waals surface area contributed by atoms with E-state index in [0.29, 0.717) is 5.41 Å². The molecule has 1 aliphatic heterocycles. The van der Waals surface area contributed by atoms with E-state index in [-0.39, 0.29) is 11.7 Å². The van der Waals surface area contributed by atoms with Gasteiger partial charge in [-0.3, -0.25) is 0 Å². The summed E-state index contributed by atoms with van der Waals surface area (Å²) in [6, 6.07) is 0. The first-order valence-electron chi connectivity index (χ1n) is 5.46. The summed E-state index contributed by atoms with van der Waals surface area (Å²) in [4.78, 5) is 0. The summed E-state index contributed by atoms with van der Waals surface area (Å²) in [6.07, 6.45) is 9.29. The van der Waals surface area contributed by atoms with Gasteiger partial charge in [-0.05, 0) is 38.2 Å². The van der Waals surface area contributed by atoms with E-state index in [1.165, 1.54) is 12.0 Å². The molecule has 0 radical (unpaired) electrons. The molecule has 1 heteroatoms. The van der Waals surface area contributed by atoms with Gasteiger partial charge in [-0.1, -0.05) is 31.6 Å². The standard InChI is InChI=1S/C13H20O/c1-10-7-12(3,4)9-13(8-10)6-5-11(2)14-13/h5-6,8,11H,7,9H2,1-4H3/t11-,13-/m1/s1. The van der Waals surface area contributed by atoms with Crippen LogP contribution in [0.5, 0.6) is 0 Å². The largest absolute Gasteiger partial charge is 0.360 e. The zero-order valence-corrected chi connectivity index (χ0v) is 9.63. The highest BCUT2D eigenvalue weighted by atomic mass is 16.5. The third-order valence-corrected chi connectivity index (χ3v) is 3.06. The van der Waals surface area contributed by atoms with Gasteiger partial charge in [-0.15, -0.1) is 0 Å². The Kier molecular flexibility index (Phi) is 2.11. The molecule has 1 heterocycles. The van der Waals surface area contributed by atoms with Gasteiger partial charge >= 0.3 is 0 Å². The molecule has 1 aliphatic carbocycles. The molecule has 0 fully saturated rings. The average molecular weight is 192 g/mol. The van der Waals surface area contributed by atoms with Gasteiger partial charge in [0.1, 0.15) is 5.60 Å². The zero-order chi connectivity index (χ0) is 10.4. The van der Waals surface area contributed by atoms with Crippen molar-refractivity contribution in [3.8, 4) is 0 Å². The topological polar surface area (TPSA) is 9.23 Å². The van der Waals surface area contributed by atoms with E-state index in [4.69, 9.17) is 4.74 Å². The second-order valence-corrected chi connectivity index (χ2v) is 5.65. The van der Waals surface area contributed by atoms with Gasteiger partial charge in [-0.25, -0.2) is 0 Å². The molecule has 0 saturated heterocycles. The molecule has 0 bridgehead atoms. The second-order valence-electron chi connectivity index (χ2n) is 5.65. The van der Waals surface area contributed by atoms with Crippen LogP contribution in [0.1, 0.15) is 40.5 Å². The Morgan fingerprint density at radius 3 is 2.64 bits per heavy atom. The maximum absolute atomic E-state index is 6.01. The molecule has 0 aromatic heterocycles. The van der Waals surface area contributed by atoms with Crippen molar-refractivity contribution in [2.75, 3.05) is 0 Å². The summed E-state index contributed by atoms with van der Waals surface area (Å²) in [5, 5.41) is 0. The fourth-order valence-electron chi connectivity index (χ4n) is 2.99. The molecule has 0 unspecified atom stereocenters. The predicted molar refractivity (Wildman–Crippen MR) is 59.2 cm³/mol. The van der Waals surface area contributed by atoms with Crippen LogP contribution in [0.4, 0.5) is 0 Å². The van der Waals surface area contributed by atoms with E-state index in [9.17, 15) is 0 Å². The molecule has 0 N–H and O–H groups in total. The Balaban J connectivity index is 2.29. The number of hydrogen-bond donors (Lipinski definition) is 0. The summed E-state index contributed by atoms with van der Waals surface area (Å²) >= 11 is 0. The fourth-order valence-corrected chi connectivity index (χ4v) is 2.99. The summed E-state index contributed by atoms with van der Waals surface area (Å²) in [5.41, 5.74) is 1.73. The van der Waals surface area contributed by atoms with Crippen molar-refractivity contribution in [2.45, 2.75) is 52.2 Å². The van der Waals surface area contributed by atoms with Crippen molar-refractivity contribution in [1.29, 1.82) is 0 Å². The Labute approximate surface area is 86.8 Å². The van der Waals surface area contributed by atoms with Crippen molar-refractivity contribution in [1.82, 2.24) is 0 Å². The molecule has 0 amide bonds. The quantitative estimate of drug-likeness (QED) is 0.534. The smallest absolute Gasteiger partial charge is 0.106 e. The van der Waals surface area contributed by atoms with Crippen molar-refractivity contribution in [2.24, 2.45) is 5.41 Å². The van der Waals surface area contributed by atoms with Gasteiger partial charge in [-0.2, -0.15) is 0 Å². The summed E-state index contributed by atoms with van der Waals surface area (Å²) in [6.45, 7) is 8.97. The van der Waals surface area contributed by atoms with E-state index in [1.54, 1.807) is 0 Å². The first-order valence-corrected chi connectivity index (χ1v) is 5.46. The molecule has 2 rings (SSSR count). The molecule has 78 valence electrons. The molecule has 2 atom stereocenters. The number of hydrogen-bond acceptors (Lipinski definition) is 1. The number of ether oxygens (including phenoxy) is 1. The van der Waals surface area contributed by atoms with Crippen LogP contribution in [0.15, 0.2) is 23.8 Å². The lowest BCUT2D eigenvalue weighted by atomic mass is 9.71. The Hall–Kier alpha value is -0.560. The molecule has 0 saturated carbocycles. The molecular formula is C13H20O. The average Bonchev–Trinajstić information content (AvgIpc) is 2.26. The SMILES string of the molecule is CC1=C[C@]2(C=C[C@@H](C)O2)CC(C)(C)C1. The Morgan fingerprint density at radius 1 is 1.43 bits per heavy atom.